The molecular weight excluding hydrogens is 508 g/mol. The van der Waals surface area contributed by atoms with E-state index in [1.807, 2.05) is 61.7 Å². The molecule has 1 amide bonds. The fourth-order valence-electron chi connectivity index (χ4n) is 4.85. The molecule has 0 spiro atoms. The number of morpholine rings is 1. The molecule has 0 unspecified atom stereocenters. The SMILES string of the molecule is COc1cccc(Oc2cc(NCCN3CCOCC3)n3ncc(-c4ccc(C(=O)NC5CC5)c(C)c4)c3n2)c1. The van der Waals surface area contributed by atoms with Gasteiger partial charge in [0.2, 0.25) is 5.88 Å². The summed E-state index contributed by atoms with van der Waals surface area (Å²) >= 11 is 0. The van der Waals surface area contributed by atoms with Crippen LogP contribution in [-0.4, -0.2) is 77.9 Å². The fourth-order valence-corrected chi connectivity index (χ4v) is 4.85. The molecular formula is C30H34N6O4. The molecule has 0 atom stereocenters. The van der Waals surface area contributed by atoms with Crippen molar-refractivity contribution in [2.75, 3.05) is 51.8 Å². The van der Waals surface area contributed by atoms with Crippen molar-refractivity contribution in [1.29, 1.82) is 0 Å². The summed E-state index contributed by atoms with van der Waals surface area (Å²) in [6.45, 7) is 6.96. The molecule has 0 radical (unpaired) electrons. The van der Waals surface area contributed by atoms with Crippen molar-refractivity contribution >= 4 is 17.4 Å². The number of rotatable bonds is 10. The van der Waals surface area contributed by atoms with Gasteiger partial charge in [0.1, 0.15) is 17.3 Å². The highest BCUT2D eigenvalue weighted by Crippen LogP contribution is 2.31. The van der Waals surface area contributed by atoms with Gasteiger partial charge < -0.3 is 24.8 Å². The van der Waals surface area contributed by atoms with Gasteiger partial charge in [-0.25, -0.2) is 0 Å². The van der Waals surface area contributed by atoms with E-state index < -0.39 is 0 Å². The molecule has 40 heavy (non-hydrogen) atoms. The van der Waals surface area contributed by atoms with Gasteiger partial charge in [0.15, 0.2) is 5.65 Å². The monoisotopic (exact) mass is 542 g/mol. The topological polar surface area (TPSA) is 102 Å². The number of carbonyl (C=O) groups excluding carboxylic acids is 1. The Morgan fingerprint density at radius 2 is 1.93 bits per heavy atom. The van der Waals surface area contributed by atoms with Crippen LogP contribution in [0.2, 0.25) is 0 Å². The van der Waals surface area contributed by atoms with Crippen LogP contribution in [0.3, 0.4) is 0 Å². The van der Waals surface area contributed by atoms with Crippen molar-refractivity contribution in [3.63, 3.8) is 0 Å². The Labute approximate surface area is 233 Å². The molecule has 2 aliphatic rings. The molecule has 0 bridgehead atoms. The summed E-state index contributed by atoms with van der Waals surface area (Å²) in [4.78, 5) is 19.9. The first kappa shape index (κ1) is 26.1. The van der Waals surface area contributed by atoms with E-state index in [0.29, 0.717) is 34.6 Å². The number of nitrogens with one attached hydrogen (secondary N) is 2. The molecule has 2 aromatic carbocycles. The maximum absolute atomic E-state index is 12.7. The molecule has 1 saturated carbocycles. The number of anilines is 1. The third-order valence-electron chi connectivity index (χ3n) is 7.24. The highest BCUT2D eigenvalue weighted by Gasteiger charge is 2.24. The molecule has 1 aliphatic heterocycles. The Balaban J connectivity index is 1.31. The lowest BCUT2D eigenvalue weighted by atomic mass is 10.0. The minimum absolute atomic E-state index is 0.0229. The first-order valence-electron chi connectivity index (χ1n) is 13.7. The lowest BCUT2D eigenvalue weighted by Gasteiger charge is -2.26. The summed E-state index contributed by atoms with van der Waals surface area (Å²) in [5, 5.41) is 11.3. The van der Waals surface area contributed by atoms with Crippen molar-refractivity contribution in [3.05, 3.63) is 65.9 Å². The zero-order valence-electron chi connectivity index (χ0n) is 22.9. The number of carbonyl (C=O) groups is 1. The largest absolute Gasteiger partial charge is 0.497 e. The number of aromatic nitrogens is 3. The van der Waals surface area contributed by atoms with Gasteiger partial charge in [0.25, 0.3) is 5.91 Å². The Morgan fingerprint density at radius 3 is 2.70 bits per heavy atom. The van der Waals surface area contributed by atoms with E-state index in [2.05, 4.69) is 20.6 Å². The lowest BCUT2D eigenvalue weighted by molar-refractivity contribution is 0.0398. The smallest absolute Gasteiger partial charge is 0.251 e. The molecule has 2 N–H and O–H groups in total. The van der Waals surface area contributed by atoms with Crippen LogP contribution in [0.4, 0.5) is 5.82 Å². The second-order valence-corrected chi connectivity index (χ2v) is 10.2. The van der Waals surface area contributed by atoms with Gasteiger partial charge in [-0.3, -0.25) is 9.69 Å². The second kappa shape index (κ2) is 11.5. The molecule has 3 heterocycles. The van der Waals surface area contributed by atoms with Crippen LogP contribution in [0.25, 0.3) is 16.8 Å². The number of hydrogen-bond donors (Lipinski definition) is 2. The van der Waals surface area contributed by atoms with Crippen molar-refractivity contribution in [1.82, 2.24) is 24.8 Å². The van der Waals surface area contributed by atoms with Gasteiger partial charge in [-0.1, -0.05) is 18.2 Å². The number of methoxy groups -OCH3 is 1. The van der Waals surface area contributed by atoms with E-state index in [4.69, 9.17) is 19.2 Å². The highest BCUT2D eigenvalue weighted by atomic mass is 16.5. The Hall–Kier alpha value is -4.15. The fraction of sp³-hybridized carbons (Fsp3) is 0.367. The molecule has 6 rings (SSSR count). The minimum Gasteiger partial charge on any atom is -0.497 e. The van der Waals surface area contributed by atoms with Gasteiger partial charge >= 0.3 is 0 Å². The molecule has 2 fully saturated rings. The highest BCUT2D eigenvalue weighted by molar-refractivity contribution is 5.97. The third-order valence-corrected chi connectivity index (χ3v) is 7.24. The summed E-state index contributed by atoms with van der Waals surface area (Å²) in [6, 6.07) is 15.5. The number of ether oxygens (including phenoxy) is 3. The van der Waals surface area contributed by atoms with Crippen molar-refractivity contribution in [2.24, 2.45) is 0 Å². The first-order chi connectivity index (χ1) is 19.6. The average molecular weight is 543 g/mol. The standard InChI is InChI=1S/C30H34N6O4/c1-20-16-21(6-9-25(20)30(37)33-22-7-8-22)26-19-32-36-27(31-10-11-35-12-14-39-15-13-35)18-28(34-29(26)36)40-24-5-3-4-23(17-24)38-2/h3-6,9,16-19,22,31H,7-8,10-15H2,1-2H3,(H,33,37). The van der Waals surface area contributed by atoms with E-state index >= 15 is 0 Å². The molecule has 1 aliphatic carbocycles. The van der Waals surface area contributed by atoms with Crippen LogP contribution in [0.1, 0.15) is 28.8 Å². The number of amides is 1. The zero-order chi connectivity index (χ0) is 27.5. The van der Waals surface area contributed by atoms with Crippen molar-refractivity contribution in [2.45, 2.75) is 25.8 Å². The van der Waals surface area contributed by atoms with E-state index in [1.165, 1.54) is 0 Å². The normalized spacial score (nSPS) is 15.7. The summed E-state index contributed by atoms with van der Waals surface area (Å²) in [5.41, 5.74) is 4.03. The van der Waals surface area contributed by atoms with Gasteiger partial charge in [-0.05, 0) is 49.1 Å². The maximum Gasteiger partial charge on any atom is 0.251 e. The first-order valence-corrected chi connectivity index (χ1v) is 13.7. The third kappa shape index (κ3) is 5.88. The molecule has 10 nitrogen and oxygen atoms in total. The summed E-state index contributed by atoms with van der Waals surface area (Å²) in [6.07, 6.45) is 3.92. The second-order valence-electron chi connectivity index (χ2n) is 10.2. The molecule has 2 aromatic heterocycles. The molecule has 10 heteroatoms. The zero-order valence-corrected chi connectivity index (χ0v) is 22.9. The van der Waals surface area contributed by atoms with Crippen LogP contribution in [0.5, 0.6) is 17.4 Å². The van der Waals surface area contributed by atoms with E-state index in [0.717, 1.165) is 74.7 Å². The van der Waals surface area contributed by atoms with Crippen molar-refractivity contribution in [3.8, 4) is 28.5 Å². The van der Waals surface area contributed by atoms with E-state index in [9.17, 15) is 4.79 Å². The van der Waals surface area contributed by atoms with Crippen LogP contribution >= 0.6 is 0 Å². The average Bonchev–Trinajstić information content (AvgIpc) is 3.68. The number of fused-ring (bicyclic) bond motifs is 1. The Morgan fingerprint density at radius 1 is 1.10 bits per heavy atom. The minimum atomic E-state index is -0.0229. The predicted octanol–water partition coefficient (Wildman–Crippen LogP) is 4.14. The van der Waals surface area contributed by atoms with Crippen LogP contribution < -0.4 is 20.1 Å². The lowest BCUT2D eigenvalue weighted by Crippen LogP contribution is -2.39. The molecule has 4 aromatic rings. The summed E-state index contributed by atoms with van der Waals surface area (Å²) in [5.74, 6) is 2.52. The molecule has 208 valence electrons. The van der Waals surface area contributed by atoms with Crippen LogP contribution in [-0.2, 0) is 4.74 Å². The number of benzene rings is 2. The van der Waals surface area contributed by atoms with E-state index in [-0.39, 0.29) is 5.91 Å². The predicted molar refractivity (Wildman–Crippen MR) is 152 cm³/mol. The van der Waals surface area contributed by atoms with Gasteiger partial charge in [-0.15, -0.1) is 0 Å². The Kier molecular flexibility index (Phi) is 7.52. The van der Waals surface area contributed by atoms with Crippen molar-refractivity contribution < 1.29 is 19.0 Å². The number of hydrogen-bond acceptors (Lipinski definition) is 8. The molecule has 1 saturated heterocycles. The van der Waals surface area contributed by atoms with Gasteiger partial charge in [-0.2, -0.15) is 14.6 Å². The quantitative estimate of drug-likeness (QED) is 0.308. The van der Waals surface area contributed by atoms with Gasteiger partial charge in [0, 0.05) is 55.5 Å². The van der Waals surface area contributed by atoms with Crippen LogP contribution in [0, 0.1) is 6.92 Å². The van der Waals surface area contributed by atoms with E-state index in [1.54, 1.807) is 11.6 Å². The number of nitrogens with zero attached hydrogens (tertiary/aromatic N) is 4. The maximum atomic E-state index is 12.7. The Bertz CT molecular complexity index is 1510. The summed E-state index contributed by atoms with van der Waals surface area (Å²) < 4.78 is 18.8. The van der Waals surface area contributed by atoms with Crippen LogP contribution in [0.15, 0.2) is 54.7 Å². The summed E-state index contributed by atoms with van der Waals surface area (Å²) in [7, 11) is 1.63. The number of aryl methyl sites for hydroxylation is 1. The van der Waals surface area contributed by atoms with Gasteiger partial charge in [0.05, 0.1) is 26.5 Å².